The number of hydrogen-bond donors (Lipinski definition) is 0. The molecule has 0 saturated heterocycles. The molecule has 1 aromatic carbocycles. The minimum absolute atomic E-state index is 0.00958. The Balaban J connectivity index is 3.99. The van der Waals surface area contributed by atoms with E-state index < -0.39 is 0 Å². The fraction of sp³-hybridized carbons (Fsp3) is 0.167. The van der Waals surface area contributed by atoms with Gasteiger partial charge in [-0.05, 0) is 25.0 Å². The number of benzene rings is 1. The molecule has 0 aromatic heterocycles. The highest BCUT2D eigenvalue weighted by Gasteiger charge is 2.19. The lowest BCUT2D eigenvalue weighted by molar-refractivity contribution is 1.24. The van der Waals surface area contributed by atoms with Gasteiger partial charge < -0.3 is 0 Å². The number of rotatable bonds is 0. The molecule has 0 unspecified atom stereocenters. The Hall–Kier alpha value is -2.82. The van der Waals surface area contributed by atoms with E-state index in [-0.39, 0.29) is 22.3 Å². The van der Waals surface area contributed by atoms with Crippen LogP contribution in [0.5, 0.6) is 0 Å². The van der Waals surface area contributed by atoms with Gasteiger partial charge in [0.15, 0.2) is 0 Å². The smallest absolute Gasteiger partial charge is 0.102 e. The molecule has 4 heteroatoms. The van der Waals surface area contributed by atoms with Crippen molar-refractivity contribution in [2.45, 2.75) is 13.8 Å². The Morgan fingerprint density at radius 3 is 1.00 bits per heavy atom. The molecule has 74 valence electrons. The van der Waals surface area contributed by atoms with Crippen LogP contribution in [0.15, 0.2) is 0 Å². The first-order valence-electron chi connectivity index (χ1n) is 4.39. The third-order valence-corrected chi connectivity index (χ3v) is 2.51. The highest BCUT2D eigenvalue weighted by Crippen LogP contribution is 2.25. The molecule has 1 aromatic rings. The minimum atomic E-state index is -0.00958. The summed E-state index contributed by atoms with van der Waals surface area (Å²) >= 11 is 0. The molecule has 0 spiro atoms. The van der Waals surface area contributed by atoms with Crippen molar-refractivity contribution in [2.24, 2.45) is 0 Å². The highest BCUT2D eigenvalue weighted by atomic mass is 14.3. The van der Waals surface area contributed by atoms with Crippen LogP contribution >= 0.6 is 0 Å². The zero-order chi connectivity index (χ0) is 12.3. The summed E-state index contributed by atoms with van der Waals surface area (Å²) in [5.41, 5.74) is 1.49. The Labute approximate surface area is 93.2 Å². The second-order valence-corrected chi connectivity index (χ2v) is 3.20. The Morgan fingerprint density at radius 2 is 0.812 bits per heavy atom. The van der Waals surface area contributed by atoms with Gasteiger partial charge in [-0.25, -0.2) is 0 Å². The van der Waals surface area contributed by atoms with Gasteiger partial charge in [0, 0.05) is 0 Å². The molecule has 0 atom stereocenters. The molecular formula is C12H6N4. The van der Waals surface area contributed by atoms with Crippen LogP contribution in [0.1, 0.15) is 33.4 Å². The molecule has 0 radical (unpaired) electrons. The molecular weight excluding hydrogens is 200 g/mol. The van der Waals surface area contributed by atoms with Crippen molar-refractivity contribution in [3.8, 4) is 24.3 Å². The molecule has 0 N–H and O–H groups in total. The zero-order valence-corrected chi connectivity index (χ0v) is 8.79. The minimum Gasteiger partial charge on any atom is -0.192 e. The van der Waals surface area contributed by atoms with Crippen molar-refractivity contribution in [1.29, 1.82) is 21.0 Å². The number of nitriles is 4. The predicted octanol–water partition coefficient (Wildman–Crippen LogP) is 1.79. The van der Waals surface area contributed by atoms with Crippen LogP contribution in [-0.4, -0.2) is 0 Å². The van der Waals surface area contributed by atoms with E-state index in [0.717, 1.165) is 0 Å². The van der Waals surface area contributed by atoms with E-state index in [0.29, 0.717) is 11.1 Å². The maximum absolute atomic E-state index is 8.94. The average Bonchev–Trinajstić information content (AvgIpc) is 2.31. The molecule has 1 rings (SSSR count). The molecule has 0 aliphatic rings. The Morgan fingerprint density at radius 1 is 0.562 bits per heavy atom. The summed E-state index contributed by atoms with van der Waals surface area (Å²) in [4.78, 5) is 0. The summed E-state index contributed by atoms with van der Waals surface area (Å²) in [6, 6.07) is 7.42. The van der Waals surface area contributed by atoms with Crippen LogP contribution in [0.4, 0.5) is 0 Å². The van der Waals surface area contributed by atoms with E-state index >= 15 is 0 Å². The quantitative estimate of drug-likeness (QED) is 0.646. The summed E-state index contributed by atoms with van der Waals surface area (Å²) in [7, 11) is 0. The standard InChI is InChI=1S/C12H6N4/c1-7-8(2)10(4-14)12(6-16)11(5-15)9(7)3-13/h1-2H3. The molecule has 0 amide bonds. The van der Waals surface area contributed by atoms with Crippen LogP contribution in [0.25, 0.3) is 0 Å². The monoisotopic (exact) mass is 206 g/mol. The first kappa shape index (κ1) is 11.3. The van der Waals surface area contributed by atoms with Gasteiger partial charge in [0.2, 0.25) is 0 Å². The van der Waals surface area contributed by atoms with Crippen LogP contribution in [0.3, 0.4) is 0 Å². The van der Waals surface area contributed by atoms with Crippen LogP contribution in [0.2, 0.25) is 0 Å². The second kappa shape index (κ2) is 4.14. The van der Waals surface area contributed by atoms with E-state index in [1.165, 1.54) is 0 Å². The number of hydrogen-bond acceptors (Lipinski definition) is 4. The van der Waals surface area contributed by atoms with Crippen molar-refractivity contribution in [1.82, 2.24) is 0 Å². The lowest BCUT2D eigenvalue weighted by Gasteiger charge is -2.08. The molecule has 16 heavy (non-hydrogen) atoms. The maximum atomic E-state index is 8.94. The van der Waals surface area contributed by atoms with Crippen LogP contribution < -0.4 is 0 Å². The zero-order valence-electron chi connectivity index (χ0n) is 8.79. The average molecular weight is 206 g/mol. The van der Waals surface area contributed by atoms with Crippen molar-refractivity contribution in [3.05, 3.63) is 33.4 Å². The molecule has 0 aliphatic carbocycles. The summed E-state index contributed by atoms with van der Waals surface area (Å²) < 4.78 is 0. The predicted molar refractivity (Wildman–Crippen MR) is 54.8 cm³/mol. The molecule has 0 fully saturated rings. The molecule has 0 aliphatic heterocycles. The fourth-order valence-corrected chi connectivity index (χ4v) is 1.50. The van der Waals surface area contributed by atoms with E-state index in [4.69, 9.17) is 21.0 Å². The van der Waals surface area contributed by atoms with Gasteiger partial charge in [0.05, 0.1) is 22.3 Å². The Bertz CT molecular complexity index is 571. The largest absolute Gasteiger partial charge is 0.192 e. The fourth-order valence-electron chi connectivity index (χ4n) is 1.50. The van der Waals surface area contributed by atoms with Gasteiger partial charge in [-0.2, -0.15) is 21.0 Å². The molecule has 0 bridgehead atoms. The summed E-state index contributed by atoms with van der Waals surface area (Å²) in [6.45, 7) is 3.33. The lowest BCUT2D eigenvalue weighted by Crippen LogP contribution is -2.01. The third-order valence-electron chi connectivity index (χ3n) is 2.51. The normalized spacial score (nSPS) is 8.38. The molecule has 0 heterocycles. The van der Waals surface area contributed by atoms with Gasteiger partial charge in [-0.3, -0.25) is 0 Å². The first-order chi connectivity index (χ1) is 7.62. The highest BCUT2D eigenvalue weighted by molar-refractivity contribution is 5.67. The summed E-state index contributed by atoms with van der Waals surface area (Å²) in [5, 5.41) is 35.8. The SMILES string of the molecule is Cc1c(C)c(C#N)c(C#N)c(C#N)c1C#N. The van der Waals surface area contributed by atoms with Gasteiger partial charge in [0.25, 0.3) is 0 Å². The van der Waals surface area contributed by atoms with Crippen molar-refractivity contribution < 1.29 is 0 Å². The van der Waals surface area contributed by atoms with Crippen LogP contribution in [0, 0.1) is 59.2 Å². The van der Waals surface area contributed by atoms with Gasteiger partial charge >= 0.3 is 0 Å². The topological polar surface area (TPSA) is 95.2 Å². The van der Waals surface area contributed by atoms with Crippen molar-refractivity contribution in [2.75, 3.05) is 0 Å². The van der Waals surface area contributed by atoms with Gasteiger partial charge in [-0.15, -0.1) is 0 Å². The Kier molecular flexibility index (Phi) is 2.91. The lowest BCUT2D eigenvalue weighted by atomic mass is 9.89. The van der Waals surface area contributed by atoms with E-state index in [2.05, 4.69) is 0 Å². The third kappa shape index (κ3) is 1.36. The van der Waals surface area contributed by atoms with Crippen molar-refractivity contribution in [3.63, 3.8) is 0 Å². The summed E-state index contributed by atoms with van der Waals surface area (Å²) in [5.74, 6) is 0. The van der Waals surface area contributed by atoms with Gasteiger partial charge in [0.1, 0.15) is 24.3 Å². The van der Waals surface area contributed by atoms with E-state index in [9.17, 15) is 0 Å². The summed E-state index contributed by atoms with van der Waals surface area (Å²) in [6.07, 6.45) is 0. The van der Waals surface area contributed by atoms with Gasteiger partial charge in [-0.1, -0.05) is 0 Å². The van der Waals surface area contributed by atoms with E-state index in [1.807, 2.05) is 24.3 Å². The molecule has 0 saturated carbocycles. The molecule has 4 nitrogen and oxygen atoms in total. The van der Waals surface area contributed by atoms with Crippen LogP contribution in [-0.2, 0) is 0 Å². The number of nitrogens with zero attached hydrogens (tertiary/aromatic N) is 4. The van der Waals surface area contributed by atoms with Crippen molar-refractivity contribution >= 4 is 0 Å². The maximum Gasteiger partial charge on any atom is 0.102 e. The first-order valence-corrected chi connectivity index (χ1v) is 4.39. The van der Waals surface area contributed by atoms with E-state index in [1.54, 1.807) is 13.8 Å². The second-order valence-electron chi connectivity index (χ2n) is 3.20.